The number of aliphatic hydroxyl groups is 1. The van der Waals surface area contributed by atoms with Gasteiger partial charge < -0.3 is 10.4 Å². The lowest BCUT2D eigenvalue weighted by Gasteiger charge is -2.12. The second-order valence-corrected chi connectivity index (χ2v) is 5.69. The normalized spacial score (nSPS) is 17.7. The highest BCUT2D eigenvalue weighted by atomic mass is 32.2. The fraction of sp³-hybridized carbons (Fsp3) is 0.400. The minimum atomic E-state index is -0.158. The molecule has 2 rings (SSSR count). The molecule has 2 N–H and O–H groups in total. The summed E-state index contributed by atoms with van der Waals surface area (Å²) in [5.41, 5.74) is 2.64. The van der Waals surface area contributed by atoms with E-state index in [4.69, 9.17) is 5.11 Å². The standard InChI is InChI=1S/C15H17NO2S/c1-11-4-5-12(3-2-7-17)9-14(11)16-15(18)13-6-8-19-10-13/h4-5,9,13,17H,6-8,10H2,1H3,(H,16,18). The SMILES string of the molecule is Cc1ccc(C#CCO)cc1NC(=O)C1CCSC1. The number of nitrogens with one attached hydrogen (secondary N) is 1. The molecule has 0 aromatic heterocycles. The third-order valence-corrected chi connectivity index (χ3v) is 4.27. The summed E-state index contributed by atoms with van der Waals surface area (Å²) in [6.45, 7) is 1.80. The van der Waals surface area contributed by atoms with Crippen LogP contribution in [-0.2, 0) is 4.79 Å². The van der Waals surface area contributed by atoms with Crippen LogP contribution in [0.3, 0.4) is 0 Å². The zero-order valence-corrected chi connectivity index (χ0v) is 11.7. The van der Waals surface area contributed by atoms with E-state index in [0.29, 0.717) is 0 Å². The topological polar surface area (TPSA) is 49.3 Å². The van der Waals surface area contributed by atoms with Gasteiger partial charge in [-0.15, -0.1) is 0 Å². The molecule has 0 bridgehead atoms. The molecule has 1 aliphatic rings. The van der Waals surface area contributed by atoms with E-state index in [0.717, 1.165) is 34.7 Å². The van der Waals surface area contributed by atoms with Crippen LogP contribution in [0.5, 0.6) is 0 Å². The van der Waals surface area contributed by atoms with Crippen molar-refractivity contribution in [2.24, 2.45) is 5.92 Å². The Morgan fingerprint density at radius 1 is 1.58 bits per heavy atom. The lowest BCUT2D eigenvalue weighted by atomic mass is 10.1. The highest BCUT2D eigenvalue weighted by Crippen LogP contribution is 2.25. The lowest BCUT2D eigenvalue weighted by molar-refractivity contribution is -0.119. The average molecular weight is 275 g/mol. The summed E-state index contributed by atoms with van der Waals surface area (Å²) in [4.78, 5) is 12.1. The van der Waals surface area contributed by atoms with E-state index >= 15 is 0 Å². The first kappa shape index (κ1) is 14.0. The predicted molar refractivity (Wildman–Crippen MR) is 79.2 cm³/mol. The molecule has 1 aromatic carbocycles. The number of rotatable bonds is 2. The largest absolute Gasteiger partial charge is 0.384 e. The maximum Gasteiger partial charge on any atom is 0.228 e. The third kappa shape index (κ3) is 3.76. The molecule has 1 fully saturated rings. The van der Waals surface area contributed by atoms with Crippen LogP contribution in [0.25, 0.3) is 0 Å². The van der Waals surface area contributed by atoms with Gasteiger partial charge in [0.25, 0.3) is 0 Å². The molecule has 1 saturated heterocycles. The first-order chi connectivity index (χ1) is 9.20. The van der Waals surface area contributed by atoms with Gasteiger partial charge in [0.15, 0.2) is 0 Å². The number of amides is 1. The van der Waals surface area contributed by atoms with Crippen LogP contribution in [0.2, 0.25) is 0 Å². The number of carbonyl (C=O) groups excluding carboxylic acids is 1. The highest BCUT2D eigenvalue weighted by Gasteiger charge is 2.23. The fourth-order valence-corrected chi connectivity index (χ4v) is 3.17. The lowest BCUT2D eigenvalue weighted by Crippen LogP contribution is -2.22. The number of thioether (sulfide) groups is 1. The number of aryl methyl sites for hydroxylation is 1. The number of aliphatic hydroxyl groups excluding tert-OH is 1. The minimum absolute atomic E-state index is 0.0976. The summed E-state index contributed by atoms with van der Waals surface area (Å²) >= 11 is 1.83. The first-order valence-corrected chi connectivity index (χ1v) is 7.45. The average Bonchev–Trinajstić information content (AvgIpc) is 2.93. The molecule has 100 valence electrons. The molecule has 4 heteroatoms. The molecule has 0 saturated carbocycles. The Morgan fingerprint density at radius 2 is 2.42 bits per heavy atom. The highest BCUT2D eigenvalue weighted by molar-refractivity contribution is 7.99. The number of hydrogen-bond donors (Lipinski definition) is 2. The van der Waals surface area contributed by atoms with Crippen LogP contribution in [-0.4, -0.2) is 29.1 Å². The van der Waals surface area contributed by atoms with Gasteiger partial charge in [-0.25, -0.2) is 0 Å². The van der Waals surface area contributed by atoms with E-state index < -0.39 is 0 Å². The Bertz CT molecular complexity index is 525. The quantitative estimate of drug-likeness (QED) is 0.812. The monoisotopic (exact) mass is 275 g/mol. The molecule has 1 unspecified atom stereocenters. The van der Waals surface area contributed by atoms with Crippen molar-refractivity contribution in [1.29, 1.82) is 0 Å². The van der Waals surface area contributed by atoms with E-state index in [1.54, 1.807) is 0 Å². The number of anilines is 1. The molecule has 1 heterocycles. The van der Waals surface area contributed by atoms with Crippen molar-refractivity contribution < 1.29 is 9.90 Å². The van der Waals surface area contributed by atoms with E-state index in [9.17, 15) is 4.79 Å². The predicted octanol–water partition coefficient (Wildman–Crippen LogP) is 2.03. The van der Waals surface area contributed by atoms with Crippen LogP contribution >= 0.6 is 11.8 Å². The van der Waals surface area contributed by atoms with Gasteiger partial charge in [-0.1, -0.05) is 17.9 Å². The molecular formula is C15H17NO2S. The van der Waals surface area contributed by atoms with Crippen molar-refractivity contribution in [1.82, 2.24) is 0 Å². The van der Waals surface area contributed by atoms with Crippen LogP contribution in [0, 0.1) is 24.7 Å². The van der Waals surface area contributed by atoms with Crippen LogP contribution < -0.4 is 5.32 Å². The molecule has 0 aliphatic carbocycles. The first-order valence-electron chi connectivity index (χ1n) is 6.29. The summed E-state index contributed by atoms with van der Waals surface area (Å²) in [6, 6.07) is 5.68. The van der Waals surface area contributed by atoms with Crippen molar-refractivity contribution in [3.63, 3.8) is 0 Å². The van der Waals surface area contributed by atoms with Gasteiger partial charge in [-0.2, -0.15) is 11.8 Å². The molecule has 0 radical (unpaired) electrons. The summed E-state index contributed by atoms with van der Waals surface area (Å²) in [5, 5.41) is 11.7. The maximum atomic E-state index is 12.1. The molecule has 19 heavy (non-hydrogen) atoms. The second kappa shape index (κ2) is 6.65. The van der Waals surface area contributed by atoms with Gasteiger partial charge >= 0.3 is 0 Å². The van der Waals surface area contributed by atoms with Crippen molar-refractivity contribution >= 4 is 23.4 Å². The minimum Gasteiger partial charge on any atom is -0.384 e. The molecule has 1 aromatic rings. The van der Waals surface area contributed by atoms with Crippen molar-refractivity contribution in [2.75, 3.05) is 23.4 Å². The number of hydrogen-bond acceptors (Lipinski definition) is 3. The van der Waals surface area contributed by atoms with E-state index in [1.807, 2.05) is 36.9 Å². The van der Waals surface area contributed by atoms with E-state index in [2.05, 4.69) is 17.2 Å². The molecule has 1 aliphatic heterocycles. The van der Waals surface area contributed by atoms with Crippen LogP contribution in [0.1, 0.15) is 17.5 Å². The van der Waals surface area contributed by atoms with Crippen molar-refractivity contribution in [3.8, 4) is 11.8 Å². The number of carbonyl (C=O) groups is 1. The number of benzene rings is 1. The van der Waals surface area contributed by atoms with Gasteiger partial charge in [0, 0.05) is 22.9 Å². The summed E-state index contributed by atoms with van der Waals surface area (Å²) in [5.74, 6) is 7.66. The molecule has 1 amide bonds. The van der Waals surface area contributed by atoms with Crippen LogP contribution in [0.15, 0.2) is 18.2 Å². The Morgan fingerprint density at radius 3 is 3.11 bits per heavy atom. The Kier molecular flexibility index (Phi) is 4.89. The zero-order valence-electron chi connectivity index (χ0n) is 10.9. The van der Waals surface area contributed by atoms with Gasteiger partial charge in [-0.3, -0.25) is 4.79 Å². The van der Waals surface area contributed by atoms with Gasteiger partial charge in [-0.05, 0) is 36.8 Å². The maximum absolute atomic E-state index is 12.1. The van der Waals surface area contributed by atoms with Gasteiger partial charge in [0.2, 0.25) is 5.91 Å². The molecular weight excluding hydrogens is 258 g/mol. The van der Waals surface area contributed by atoms with Crippen molar-refractivity contribution in [3.05, 3.63) is 29.3 Å². The van der Waals surface area contributed by atoms with Crippen molar-refractivity contribution in [2.45, 2.75) is 13.3 Å². The summed E-state index contributed by atoms with van der Waals surface area (Å²) in [7, 11) is 0. The Balaban J connectivity index is 2.12. The fourth-order valence-electron chi connectivity index (χ4n) is 1.95. The zero-order chi connectivity index (χ0) is 13.7. The second-order valence-electron chi connectivity index (χ2n) is 4.54. The summed E-state index contributed by atoms with van der Waals surface area (Å²) < 4.78 is 0. The van der Waals surface area contributed by atoms with E-state index in [1.165, 1.54) is 0 Å². The van der Waals surface area contributed by atoms with E-state index in [-0.39, 0.29) is 18.4 Å². The van der Waals surface area contributed by atoms with Crippen LogP contribution in [0.4, 0.5) is 5.69 Å². The smallest absolute Gasteiger partial charge is 0.228 e. The Labute approximate surface area is 117 Å². The molecule has 1 atom stereocenters. The van der Waals surface area contributed by atoms with Gasteiger partial charge in [0.05, 0.1) is 0 Å². The molecule has 3 nitrogen and oxygen atoms in total. The third-order valence-electron chi connectivity index (χ3n) is 3.11. The summed E-state index contributed by atoms with van der Waals surface area (Å²) in [6.07, 6.45) is 0.958. The van der Waals surface area contributed by atoms with Gasteiger partial charge in [0.1, 0.15) is 6.61 Å². The Hall–Kier alpha value is -1.44. The molecule has 0 spiro atoms.